The van der Waals surface area contributed by atoms with E-state index < -0.39 is 17.0 Å². The van der Waals surface area contributed by atoms with Gasteiger partial charge in [-0.05, 0) is 25.1 Å². The second-order valence-electron chi connectivity index (χ2n) is 6.13. The Balaban J connectivity index is 1.81. The highest BCUT2D eigenvalue weighted by molar-refractivity contribution is 6.31. The molecule has 2 aromatic rings. The van der Waals surface area contributed by atoms with Gasteiger partial charge < -0.3 is 14.4 Å². The largest absolute Gasteiger partial charge is 0.454 e. The lowest BCUT2D eigenvalue weighted by molar-refractivity contribution is -0.384. The van der Waals surface area contributed by atoms with Crippen molar-refractivity contribution in [3.63, 3.8) is 0 Å². The average Bonchev–Trinajstić information content (AvgIpc) is 2.68. The number of morpholine rings is 1. The number of ether oxygens (including phenoxy) is 2. The van der Waals surface area contributed by atoms with Gasteiger partial charge >= 0.3 is 5.97 Å². The zero-order valence-corrected chi connectivity index (χ0v) is 15.5. The van der Waals surface area contributed by atoms with E-state index in [1.807, 2.05) is 4.90 Å². The predicted molar refractivity (Wildman–Crippen MR) is 101 cm³/mol. The lowest BCUT2D eigenvalue weighted by Gasteiger charge is -2.28. The Bertz CT molecular complexity index is 852. The van der Waals surface area contributed by atoms with Crippen LogP contribution in [0.5, 0.6) is 0 Å². The minimum atomic E-state index is -0.640. The number of carbonyl (C=O) groups is 1. The molecular formula is C19H19ClN2O5. The van der Waals surface area contributed by atoms with E-state index in [2.05, 4.69) is 0 Å². The van der Waals surface area contributed by atoms with Crippen LogP contribution in [0.15, 0.2) is 42.5 Å². The molecule has 1 atom stereocenters. The first-order valence-electron chi connectivity index (χ1n) is 8.54. The number of nitro benzene ring substituents is 1. The molecule has 27 heavy (non-hydrogen) atoms. The summed E-state index contributed by atoms with van der Waals surface area (Å²) in [7, 11) is 0. The van der Waals surface area contributed by atoms with Crippen LogP contribution in [-0.2, 0) is 9.47 Å². The summed E-state index contributed by atoms with van der Waals surface area (Å²) < 4.78 is 10.7. The predicted octanol–water partition coefficient (Wildman–Crippen LogP) is 4.00. The second-order valence-corrected chi connectivity index (χ2v) is 6.54. The summed E-state index contributed by atoms with van der Waals surface area (Å²) in [4.78, 5) is 25.4. The molecule has 0 radical (unpaired) electrons. The molecule has 142 valence electrons. The molecule has 8 heteroatoms. The maximum atomic E-state index is 12.5. The summed E-state index contributed by atoms with van der Waals surface area (Å²) in [5, 5.41) is 12.0. The molecule has 0 amide bonds. The fraction of sp³-hybridized carbons (Fsp3) is 0.316. The highest BCUT2D eigenvalue weighted by Gasteiger charge is 2.24. The molecule has 2 aromatic carbocycles. The maximum Gasteiger partial charge on any atom is 0.338 e. The molecule has 0 aromatic heterocycles. The van der Waals surface area contributed by atoms with E-state index >= 15 is 0 Å². The van der Waals surface area contributed by atoms with Crippen LogP contribution in [-0.4, -0.2) is 37.2 Å². The van der Waals surface area contributed by atoms with Gasteiger partial charge in [-0.3, -0.25) is 10.1 Å². The number of anilines is 1. The molecule has 0 spiro atoms. The average molecular weight is 391 g/mol. The van der Waals surface area contributed by atoms with E-state index in [-0.39, 0.29) is 11.3 Å². The van der Waals surface area contributed by atoms with Crippen LogP contribution in [0.25, 0.3) is 0 Å². The number of nitro groups is 1. The van der Waals surface area contributed by atoms with E-state index in [9.17, 15) is 14.9 Å². The van der Waals surface area contributed by atoms with Crippen LogP contribution in [0.2, 0.25) is 5.02 Å². The quantitative estimate of drug-likeness (QED) is 0.436. The number of benzene rings is 2. The van der Waals surface area contributed by atoms with E-state index in [4.69, 9.17) is 21.1 Å². The molecule has 0 aliphatic carbocycles. The number of carbonyl (C=O) groups excluding carboxylic acids is 1. The number of nitrogens with zero attached hydrogens (tertiary/aromatic N) is 2. The highest BCUT2D eigenvalue weighted by atomic mass is 35.5. The third-order valence-electron chi connectivity index (χ3n) is 4.39. The zero-order valence-electron chi connectivity index (χ0n) is 14.8. The fourth-order valence-electron chi connectivity index (χ4n) is 2.97. The molecule has 7 nitrogen and oxygen atoms in total. The van der Waals surface area contributed by atoms with Gasteiger partial charge in [0.25, 0.3) is 5.69 Å². The van der Waals surface area contributed by atoms with Gasteiger partial charge in [0.05, 0.1) is 23.7 Å². The molecule has 1 heterocycles. The zero-order chi connectivity index (χ0) is 19.4. The van der Waals surface area contributed by atoms with Crippen LogP contribution in [0.3, 0.4) is 0 Å². The monoisotopic (exact) mass is 390 g/mol. The third kappa shape index (κ3) is 4.37. The minimum absolute atomic E-state index is 0.123. The van der Waals surface area contributed by atoms with Gasteiger partial charge in [-0.2, -0.15) is 0 Å². The van der Waals surface area contributed by atoms with E-state index in [0.29, 0.717) is 42.6 Å². The molecule has 1 aliphatic heterocycles. The van der Waals surface area contributed by atoms with Gasteiger partial charge in [0.15, 0.2) is 0 Å². The Morgan fingerprint density at radius 1 is 1.26 bits per heavy atom. The molecule has 0 N–H and O–H groups in total. The van der Waals surface area contributed by atoms with Gasteiger partial charge in [0, 0.05) is 29.7 Å². The van der Waals surface area contributed by atoms with Crippen molar-refractivity contribution in [2.24, 2.45) is 0 Å². The van der Waals surface area contributed by atoms with Crippen LogP contribution in [0, 0.1) is 10.1 Å². The van der Waals surface area contributed by atoms with Gasteiger partial charge in [0.2, 0.25) is 0 Å². The molecule has 1 aliphatic rings. The normalized spacial score (nSPS) is 15.3. The number of rotatable bonds is 5. The van der Waals surface area contributed by atoms with Crippen molar-refractivity contribution in [2.45, 2.75) is 13.0 Å². The van der Waals surface area contributed by atoms with Crippen molar-refractivity contribution in [3.8, 4) is 0 Å². The SMILES string of the molecule is C[C@@H](OC(=O)c1ccc(N2CCOCC2)c([N+](=O)[O-])c1)c1ccccc1Cl. The summed E-state index contributed by atoms with van der Waals surface area (Å²) in [6.07, 6.45) is -0.579. The summed E-state index contributed by atoms with van der Waals surface area (Å²) in [5.74, 6) is -0.640. The van der Waals surface area contributed by atoms with Gasteiger partial charge in [-0.1, -0.05) is 29.8 Å². The Morgan fingerprint density at radius 3 is 2.63 bits per heavy atom. The number of esters is 1. The van der Waals surface area contributed by atoms with Crippen LogP contribution < -0.4 is 4.90 Å². The smallest absolute Gasteiger partial charge is 0.338 e. The van der Waals surface area contributed by atoms with Gasteiger partial charge in [-0.15, -0.1) is 0 Å². The number of hydrogen-bond acceptors (Lipinski definition) is 6. The van der Waals surface area contributed by atoms with Gasteiger partial charge in [0.1, 0.15) is 11.8 Å². The Morgan fingerprint density at radius 2 is 1.96 bits per heavy atom. The Kier molecular flexibility index (Phi) is 5.93. The first-order valence-corrected chi connectivity index (χ1v) is 8.91. The first kappa shape index (κ1) is 19.1. The van der Waals surface area contributed by atoms with Crippen molar-refractivity contribution in [3.05, 3.63) is 68.7 Å². The molecule has 1 fully saturated rings. The van der Waals surface area contributed by atoms with Crippen molar-refractivity contribution in [1.29, 1.82) is 0 Å². The van der Waals surface area contributed by atoms with E-state index in [0.717, 1.165) is 0 Å². The molecule has 1 saturated heterocycles. The lowest BCUT2D eigenvalue weighted by Crippen LogP contribution is -2.36. The maximum absolute atomic E-state index is 12.5. The summed E-state index contributed by atoms with van der Waals surface area (Å²) in [5.41, 5.74) is 1.14. The minimum Gasteiger partial charge on any atom is -0.454 e. The fourth-order valence-corrected chi connectivity index (χ4v) is 3.25. The van der Waals surface area contributed by atoms with Crippen molar-refractivity contribution >= 4 is 28.9 Å². The third-order valence-corrected chi connectivity index (χ3v) is 4.73. The molecule has 0 unspecified atom stereocenters. The van der Waals surface area contributed by atoms with Crippen LogP contribution in [0.1, 0.15) is 28.9 Å². The highest BCUT2D eigenvalue weighted by Crippen LogP contribution is 2.31. The number of hydrogen-bond donors (Lipinski definition) is 0. The van der Waals surface area contributed by atoms with Crippen molar-refractivity contribution in [1.82, 2.24) is 0 Å². The summed E-state index contributed by atoms with van der Waals surface area (Å²) in [6, 6.07) is 11.4. The van der Waals surface area contributed by atoms with Gasteiger partial charge in [-0.25, -0.2) is 4.79 Å². The summed E-state index contributed by atoms with van der Waals surface area (Å²) >= 11 is 6.13. The molecule has 0 saturated carbocycles. The van der Waals surface area contributed by atoms with E-state index in [1.165, 1.54) is 6.07 Å². The standard InChI is InChI=1S/C19H19ClN2O5/c1-13(15-4-2-3-5-16(15)20)27-19(23)14-6-7-17(18(12-14)22(24)25)21-8-10-26-11-9-21/h2-7,12-13H,8-11H2,1H3/t13-/m1/s1. The Labute approximate surface area is 161 Å². The Hall–Kier alpha value is -2.64. The number of halogens is 1. The van der Waals surface area contributed by atoms with Crippen LogP contribution in [0.4, 0.5) is 11.4 Å². The topological polar surface area (TPSA) is 81.9 Å². The van der Waals surface area contributed by atoms with Crippen LogP contribution >= 0.6 is 11.6 Å². The van der Waals surface area contributed by atoms with E-state index in [1.54, 1.807) is 43.3 Å². The molecular weight excluding hydrogens is 372 g/mol. The first-order chi connectivity index (χ1) is 13.0. The summed E-state index contributed by atoms with van der Waals surface area (Å²) in [6.45, 7) is 3.85. The second kappa shape index (κ2) is 8.37. The lowest BCUT2D eigenvalue weighted by atomic mass is 10.1. The molecule has 3 rings (SSSR count). The molecule has 0 bridgehead atoms. The van der Waals surface area contributed by atoms with Crippen molar-refractivity contribution in [2.75, 3.05) is 31.2 Å². The van der Waals surface area contributed by atoms with Crippen molar-refractivity contribution < 1.29 is 19.2 Å².